The van der Waals surface area contributed by atoms with Crippen molar-refractivity contribution in [2.45, 2.75) is 117 Å². The van der Waals surface area contributed by atoms with E-state index in [0.717, 1.165) is 37.4 Å². The summed E-state index contributed by atoms with van der Waals surface area (Å²) >= 11 is 0. The summed E-state index contributed by atoms with van der Waals surface area (Å²) in [5.74, 6) is 1.93. The first-order chi connectivity index (χ1) is 14.7. The SMILES string of the molecule is CCCCCCCCCNC(=O)CCSSCCC(=O)NCCCCCCCCC. The third-order valence-corrected chi connectivity index (χ3v) is 7.52. The van der Waals surface area contributed by atoms with Crippen LogP contribution in [0.2, 0.25) is 0 Å². The zero-order valence-electron chi connectivity index (χ0n) is 19.8. The van der Waals surface area contributed by atoms with Crippen LogP contribution in [0.5, 0.6) is 0 Å². The first-order valence-corrected chi connectivity index (χ1v) is 15.0. The maximum atomic E-state index is 11.8. The maximum Gasteiger partial charge on any atom is 0.220 e. The van der Waals surface area contributed by atoms with Crippen LogP contribution in [0, 0.1) is 0 Å². The van der Waals surface area contributed by atoms with E-state index in [9.17, 15) is 9.59 Å². The Morgan fingerprint density at radius 2 is 0.867 bits per heavy atom. The summed E-state index contributed by atoms with van der Waals surface area (Å²) in [5, 5.41) is 6.03. The highest BCUT2D eigenvalue weighted by molar-refractivity contribution is 8.76. The average molecular weight is 461 g/mol. The summed E-state index contributed by atoms with van der Waals surface area (Å²) in [7, 11) is 3.39. The van der Waals surface area contributed by atoms with Gasteiger partial charge in [-0.3, -0.25) is 9.59 Å². The minimum absolute atomic E-state index is 0.154. The van der Waals surface area contributed by atoms with Crippen LogP contribution in [0.1, 0.15) is 117 Å². The molecule has 4 nitrogen and oxygen atoms in total. The van der Waals surface area contributed by atoms with Gasteiger partial charge < -0.3 is 10.6 Å². The van der Waals surface area contributed by atoms with E-state index in [1.165, 1.54) is 77.0 Å². The lowest BCUT2D eigenvalue weighted by molar-refractivity contribution is -0.121. The summed E-state index contributed by atoms with van der Waals surface area (Å²) in [6.07, 6.45) is 18.9. The fraction of sp³-hybridized carbons (Fsp3) is 0.917. The van der Waals surface area contributed by atoms with E-state index in [2.05, 4.69) is 24.5 Å². The van der Waals surface area contributed by atoms with Crippen molar-refractivity contribution in [1.82, 2.24) is 10.6 Å². The number of hydrogen-bond donors (Lipinski definition) is 2. The van der Waals surface area contributed by atoms with E-state index in [4.69, 9.17) is 0 Å². The highest BCUT2D eigenvalue weighted by Gasteiger charge is 2.03. The quantitative estimate of drug-likeness (QED) is 0.129. The van der Waals surface area contributed by atoms with Gasteiger partial charge in [-0.05, 0) is 12.8 Å². The second kappa shape index (κ2) is 24.9. The lowest BCUT2D eigenvalue weighted by Crippen LogP contribution is -2.24. The van der Waals surface area contributed by atoms with Crippen LogP contribution in [-0.2, 0) is 9.59 Å². The predicted molar refractivity (Wildman–Crippen MR) is 136 cm³/mol. The maximum absolute atomic E-state index is 11.8. The standard InChI is InChI=1S/C24H48N2O2S2/c1-3-5-7-9-11-13-15-19-25-23(27)17-21-29-30-22-18-24(28)26-20-16-14-12-10-8-6-4-2/h3-22H2,1-2H3,(H,25,27)(H,26,28). The van der Waals surface area contributed by atoms with Crippen molar-refractivity contribution >= 4 is 33.4 Å². The molecule has 0 spiro atoms. The Balaban J connectivity index is 3.28. The second-order valence-corrected chi connectivity index (χ2v) is 10.8. The smallest absolute Gasteiger partial charge is 0.220 e. The van der Waals surface area contributed by atoms with Crippen LogP contribution < -0.4 is 10.6 Å². The van der Waals surface area contributed by atoms with E-state index in [1.807, 2.05) is 0 Å². The minimum Gasteiger partial charge on any atom is -0.356 e. The average Bonchev–Trinajstić information content (AvgIpc) is 2.74. The molecule has 30 heavy (non-hydrogen) atoms. The number of unbranched alkanes of at least 4 members (excludes halogenated alkanes) is 12. The molecule has 0 fully saturated rings. The van der Waals surface area contributed by atoms with Gasteiger partial charge in [0.2, 0.25) is 11.8 Å². The zero-order chi connectivity index (χ0) is 22.1. The van der Waals surface area contributed by atoms with E-state index < -0.39 is 0 Å². The number of carbonyl (C=O) groups excluding carboxylic acids is 2. The van der Waals surface area contributed by atoms with E-state index in [1.54, 1.807) is 21.6 Å². The third kappa shape index (κ3) is 23.9. The molecule has 0 aliphatic rings. The van der Waals surface area contributed by atoms with Crippen LogP contribution in [0.25, 0.3) is 0 Å². The van der Waals surface area contributed by atoms with Crippen molar-refractivity contribution in [1.29, 1.82) is 0 Å². The van der Waals surface area contributed by atoms with Gasteiger partial charge in [0, 0.05) is 37.4 Å². The Hall–Kier alpha value is -0.360. The second-order valence-electron chi connectivity index (χ2n) is 8.09. The molecule has 0 aromatic carbocycles. The number of nitrogens with one attached hydrogen (secondary N) is 2. The molecule has 0 heterocycles. The molecule has 0 saturated carbocycles. The Kier molecular flexibility index (Phi) is 24.6. The molecule has 0 unspecified atom stereocenters. The topological polar surface area (TPSA) is 58.2 Å². The highest BCUT2D eigenvalue weighted by Crippen LogP contribution is 2.22. The molecule has 0 rings (SSSR count). The summed E-state index contributed by atoms with van der Waals surface area (Å²) in [6, 6.07) is 0. The molecule has 0 atom stereocenters. The number of amides is 2. The molecule has 0 aromatic rings. The van der Waals surface area contributed by atoms with Crippen molar-refractivity contribution in [2.24, 2.45) is 0 Å². The molecular weight excluding hydrogens is 412 g/mol. The molecule has 0 saturated heterocycles. The fourth-order valence-corrected chi connectivity index (χ4v) is 5.16. The van der Waals surface area contributed by atoms with Gasteiger partial charge in [-0.25, -0.2) is 0 Å². The Morgan fingerprint density at radius 3 is 1.23 bits per heavy atom. The summed E-state index contributed by atoms with van der Waals surface area (Å²) in [5.41, 5.74) is 0. The lowest BCUT2D eigenvalue weighted by Gasteiger charge is -2.06. The summed E-state index contributed by atoms with van der Waals surface area (Å²) < 4.78 is 0. The number of rotatable bonds is 23. The summed E-state index contributed by atoms with van der Waals surface area (Å²) in [6.45, 7) is 6.09. The van der Waals surface area contributed by atoms with Crippen molar-refractivity contribution < 1.29 is 9.59 Å². The third-order valence-electron chi connectivity index (χ3n) is 5.11. The van der Waals surface area contributed by atoms with Gasteiger partial charge >= 0.3 is 0 Å². The fourth-order valence-electron chi connectivity index (χ4n) is 3.18. The van der Waals surface area contributed by atoms with Gasteiger partial charge in [-0.2, -0.15) is 0 Å². The molecule has 0 aliphatic heterocycles. The number of carbonyl (C=O) groups is 2. The van der Waals surface area contributed by atoms with Gasteiger partial charge in [-0.15, -0.1) is 0 Å². The van der Waals surface area contributed by atoms with Gasteiger partial charge in [0.15, 0.2) is 0 Å². The van der Waals surface area contributed by atoms with Crippen molar-refractivity contribution in [3.8, 4) is 0 Å². The predicted octanol–water partition coefficient (Wildman–Crippen LogP) is 6.88. The first kappa shape index (κ1) is 29.6. The Bertz CT molecular complexity index is 359. The monoisotopic (exact) mass is 460 g/mol. The lowest BCUT2D eigenvalue weighted by atomic mass is 10.1. The summed E-state index contributed by atoms with van der Waals surface area (Å²) in [4.78, 5) is 23.6. The van der Waals surface area contributed by atoms with E-state index in [0.29, 0.717) is 12.8 Å². The van der Waals surface area contributed by atoms with Crippen LogP contribution >= 0.6 is 21.6 Å². The van der Waals surface area contributed by atoms with Crippen molar-refractivity contribution in [3.05, 3.63) is 0 Å². The van der Waals surface area contributed by atoms with Gasteiger partial charge in [0.05, 0.1) is 0 Å². The van der Waals surface area contributed by atoms with Crippen LogP contribution in [0.3, 0.4) is 0 Å². The molecule has 0 bridgehead atoms. The van der Waals surface area contributed by atoms with E-state index >= 15 is 0 Å². The van der Waals surface area contributed by atoms with E-state index in [-0.39, 0.29) is 11.8 Å². The largest absolute Gasteiger partial charge is 0.356 e. The van der Waals surface area contributed by atoms with Crippen molar-refractivity contribution in [3.63, 3.8) is 0 Å². The molecule has 0 aliphatic carbocycles. The molecule has 0 radical (unpaired) electrons. The normalized spacial score (nSPS) is 10.9. The minimum atomic E-state index is 0.154. The van der Waals surface area contributed by atoms with Gasteiger partial charge in [-0.1, -0.05) is 112 Å². The van der Waals surface area contributed by atoms with Crippen LogP contribution in [-0.4, -0.2) is 36.4 Å². The molecule has 2 amide bonds. The number of hydrogen-bond acceptors (Lipinski definition) is 4. The molecule has 0 aromatic heterocycles. The van der Waals surface area contributed by atoms with Crippen LogP contribution in [0.4, 0.5) is 0 Å². The van der Waals surface area contributed by atoms with Crippen LogP contribution in [0.15, 0.2) is 0 Å². The van der Waals surface area contributed by atoms with Gasteiger partial charge in [0.25, 0.3) is 0 Å². The molecular formula is C24H48N2O2S2. The molecule has 6 heteroatoms. The highest BCUT2D eigenvalue weighted by atomic mass is 33.1. The Morgan fingerprint density at radius 1 is 0.533 bits per heavy atom. The zero-order valence-corrected chi connectivity index (χ0v) is 21.4. The Labute approximate surface area is 194 Å². The molecule has 2 N–H and O–H groups in total. The van der Waals surface area contributed by atoms with Gasteiger partial charge in [0.1, 0.15) is 0 Å². The molecule has 178 valence electrons. The first-order valence-electron chi connectivity index (χ1n) is 12.5. The van der Waals surface area contributed by atoms with Crippen molar-refractivity contribution in [2.75, 3.05) is 24.6 Å².